The molecule has 1 N–H and O–H groups in total. The van der Waals surface area contributed by atoms with E-state index in [2.05, 4.69) is 9.46 Å². The van der Waals surface area contributed by atoms with E-state index in [-0.39, 0.29) is 22.5 Å². The summed E-state index contributed by atoms with van der Waals surface area (Å²) >= 11 is 0.467. The zero-order valence-electron chi connectivity index (χ0n) is 12.9. The predicted octanol–water partition coefficient (Wildman–Crippen LogP) is 0.685. The summed E-state index contributed by atoms with van der Waals surface area (Å²) in [7, 11) is -3.01. The minimum Gasteiger partial charge on any atom is -0.544 e. The van der Waals surface area contributed by atoms with E-state index in [1.807, 2.05) is 0 Å². The van der Waals surface area contributed by atoms with Crippen molar-refractivity contribution in [1.29, 1.82) is 0 Å². The third-order valence-corrected chi connectivity index (χ3v) is 6.43. The zero-order valence-corrected chi connectivity index (χ0v) is 14.5. The summed E-state index contributed by atoms with van der Waals surface area (Å²) < 4.78 is 31.5. The Balaban J connectivity index is 2.43. The average Bonchev–Trinajstić information content (AvgIpc) is 2.92. The fourth-order valence-electron chi connectivity index (χ4n) is 2.05. The minimum absolute atomic E-state index is 0.00138. The van der Waals surface area contributed by atoms with Gasteiger partial charge in [-0.15, -0.1) is 11.3 Å². The predicted molar refractivity (Wildman–Crippen MR) is 85.2 cm³/mol. The van der Waals surface area contributed by atoms with Crippen LogP contribution in [0.15, 0.2) is 34.5 Å². The van der Waals surface area contributed by atoms with Gasteiger partial charge >= 0.3 is 5.97 Å². The lowest BCUT2D eigenvalue weighted by atomic mass is 10.2. The molecule has 0 atom stereocenters. The van der Waals surface area contributed by atoms with Crippen LogP contribution in [0.1, 0.15) is 31.2 Å². The van der Waals surface area contributed by atoms with Crippen molar-refractivity contribution >= 4 is 33.3 Å². The Bertz CT molecular complexity index is 871. The van der Waals surface area contributed by atoms with Gasteiger partial charge in [-0.05, 0) is 18.1 Å². The molecule has 2 rings (SSSR count). The van der Waals surface area contributed by atoms with Crippen LogP contribution in [0.5, 0.6) is 0 Å². The number of methoxy groups -OCH3 is 1. The number of aromatic carboxylic acids is 1. The molecular formula is C15H14NO6S2-. The highest BCUT2D eigenvalue weighted by atomic mass is 32.2. The number of hydrogen-bond donors (Lipinski definition) is 1. The van der Waals surface area contributed by atoms with Gasteiger partial charge in [0.05, 0.1) is 23.5 Å². The van der Waals surface area contributed by atoms with E-state index in [0.29, 0.717) is 16.9 Å². The monoisotopic (exact) mass is 368 g/mol. The van der Waals surface area contributed by atoms with Gasteiger partial charge in [0.1, 0.15) is 4.21 Å². The van der Waals surface area contributed by atoms with Gasteiger partial charge in [0, 0.05) is 6.54 Å². The number of carboxylic acids is 1. The Morgan fingerprint density at radius 3 is 2.42 bits per heavy atom. The summed E-state index contributed by atoms with van der Waals surface area (Å²) in [5, 5.41) is 11.1. The quantitative estimate of drug-likeness (QED) is 0.751. The summed E-state index contributed by atoms with van der Waals surface area (Å²) in [6, 6.07) is 8.77. The van der Waals surface area contributed by atoms with Crippen LogP contribution in [-0.2, 0) is 21.3 Å². The van der Waals surface area contributed by atoms with Crippen molar-refractivity contribution in [2.75, 3.05) is 7.11 Å². The molecular weight excluding hydrogens is 354 g/mol. The summed E-state index contributed by atoms with van der Waals surface area (Å²) in [5.74, 6) is -2.47. The van der Waals surface area contributed by atoms with Crippen LogP contribution in [0, 0.1) is 6.92 Å². The normalized spacial score (nSPS) is 11.2. The van der Waals surface area contributed by atoms with Gasteiger partial charge < -0.3 is 14.6 Å². The van der Waals surface area contributed by atoms with E-state index in [4.69, 9.17) is 0 Å². The van der Waals surface area contributed by atoms with Crippen LogP contribution in [0.3, 0.4) is 0 Å². The lowest BCUT2D eigenvalue weighted by molar-refractivity contribution is -0.254. The largest absolute Gasteiger partial charge is 0.544 e. The third-order valence-electron chi connectivity index (χ3n) is 3.24. The maximum Gasteiger partial charge on any atom is 0.340 e. The number of esters is 1. The molecule has 0 unspecified atom stereocenters. The van der Waals surface area contributed by atoms with Crippen LogP contribution in [0.25, 0.3) is 0 Å². The lowest BCUT2D eigenvalue weighted by Gasteiger charge is -2.07. The molecule has 0 aliphatic rings. The fourth-order valence-corrected chi connectivity index (χ4v) is 4.77. The van der Waals surface area contributed by atoms with Crippen molar-refractivity contribution in [3.8, 4) is 0 Å². The number of thiophene rings is 1. The van der Waals surface area contributed by atoms with Crippen molar-refractivity contribution in [2.45, 2.75) is 17.7 Å². The number of rotatable bonds is 6. The highest BCUT2D eigenvalue weighted by molar-refractivity contribution is 7.91. The average molecular weight is 368 g/mol. The minimum atomic E-state index is -4.10. The summed E-state index contributed by atoms with van der Waals surface area (Å²) in [4.78, 5) is 22.7. The fraction of sp³-hybridized carbons (Fsp3) is 0.200. The topological polar surface area (TPSA) is 113 Å². The molecule has 0 bridgehead atoms. The Morgan fingerprint density at radius 1 is 1.25 bits per heavy atom. The molecule has 24 heavy (non-hydrogen) atoms. The summed E-state index contributed by atoms with van der Waals surface area (Å²) in [6.07, 6.45) is 0. The highest BCUT2D eigenvalue weighted by Gasteiger charge is 2.30. The van der Waals surface area contributed by atoms with Crippen LogP contribution in [0.2, 0.25) is 0 Å². The Hall–Kier alpha value is -2.23. The Labute approximate surface area is 142 Å². The number of carboxylic acid groups (broad SMARTS) is 1. The molecule has 0 amide bonds. The SMILES string of the molecule is COC(=O)c1c(S(=O)(=O)NCc2ccccc2)sc(C(=O)[O-])c1C. The standard InChI is InChI=1S/C15H15NO6S2/c1-9-11(14(19)22-2)15(23-12(9)13(17)18)24(20,21)16-8-10-6-4-3-5-7-10/h3-7,16H,8H2,1-2H3,(H,17,18)/p-1. The van der Waals surface area contributed by atoms with Gasteiger partial charge in [-0.3, -0.25) is 0 Å². The van der Waals surface area contributed by atoms with Gasteiger partial charge in [0.25, 0.3) is 10.0 Å². The van der Waals surface area contributed by atoms with E-state index >= 15 is 0 Å². The van der Waals surface area contributed by atoms with E-state index in [1.54, 1.807) is 30.3 Å². The molecule has 0 aliphatic heterocycles. The van der Waals surface area contributed by atoms with Crippen molar-refractivity contribution in [3.05, 3.63) is 51.9 Å². The molecule has 128 valence electrons. The first kappa shape index (κ1) is 18.1. The second-order valence-electron chi connectivity index (χ2n) is 4.81. The molecule has 0 saturated heterocycles. The molecule has 9 heteroatoms. The lowest BCUT2D eigenvalue weighted by Crippen LogP contribution is -2.24. The molecule has 2 aromatic rings. The maximum absolute atomic E-state index is 12.5. The first-order valence-corrected chi connectivity index (χ1v) is 9.04. The number of carbonyl (C=O) groups excluding carboxylic acids is 2. The van der Waals surface area contributed by atoms with Crippen LogP contribution >= 0.6 is 11.3 Å². The molecule has 1 heterocycles. The Morgan fingerprint density at radius 2 is 1.88 bits per heavy atom. The van der Waals surface area contributed by atoms with E-state index < -0.39 is 26.2 Å². The van der Waals surface area contributed by atoms with E-state index in [9.17, 15) is 23.1 Å². The number of carbonyl (C=O) groups is 2. The van der Waals surface area contributed by atoms with Gasteiger partial charge in [0.15, 0.2) is 0 Å². The van der Waals surface area contributed by atoms with E-state index in [1.165, 1.54) is 6.92 Å². The van der Waals surface area contributed by atoms with Crippen molar-refractivity contribution in [3.63, 3.8) is 0 Å². The zero-order chi connectivity index (χ0) is 17.9. The molecule has 0 fully saturated rings. The third kappa shape index (κ3) is 3.64. The van der Waals surface area contributed by atoms with E-state index in [0.717, 1.165) is 7.11 Å². The van der Waals surface area contributed by atoms with Gasteiger partial charge in [-0.1, -0.05) is 30.3 Å². The van der Waals surface area contributed by atoms with Gasteiger partial charge in [-0.25, -0.2) is 17.9 Å². The van der Waals surface area contributed by atoms with Crippen molar-refractivity contribution in [2.24, 2.45) is 0 Å². The molecule has 0 radical (unpaired) electrons. The van der Waals surface area contributed by atoms with Gasteiger partial charge in [-0.2, -0.15) is 0 Å². The number of hydrogen-bond acceptors (Lipinski definition) is 7. The molecule has 0 spiro atoms. The first-order valence-electron chi connectivity index (χ1n) is 6.74. The smallest absolute Gasteiger partial charge is 0.340 e. The van der Waals surface area contributed by atoms with Crippen molar-refractivity contribution in [1.82, 2.24) is 4.72 Å². The Kier molecular flexibility index (Phi) is 5.37. The number of benzene rings is 1. The molecule has 0 saturated carbocycles. The number of sulfonamides is 1. The van der Waals surface area contributed by atoms with Crippen molar-refractivity contribution < 1.29 is 27.9 Å². The van der Waals surface area contributed by atoms with Crippen LogP contribution in [-0.4, -0.2) is 27.5 Å². The molecule has 1 aromatic heterocycles. The molecule has 1 aromatic carbocycles. The number of ether oxygens (including phenoxy) is 1. The molecule has 0 aliphatic carbocycles. The van der Waals surface area contributed by atoms with Crippen LogP contribution in [0.4, 0.5) is 0 Å². The highest BCUT2D eigenvalue weighted by Crippen LogP contribution is 2.32. The van der Waals surface area contributed by atoms with Crippen LogP contribution < -0.4 is 9.83 Å². The summed E-state index contributed by atoms with van der Waals surface area (Å²) in [5.41, 5.74) is 0.434. The molecule has 7 nitrogen and oxygen atoms in total. The van der Waals surface area contributed by atoms with Gasteiger partial charge in [0.2, 0.25) is 0 Å². The first-order chi connectivity index (χ1) is 11.3. The summed E-state index contributed by atoms with van der Waals surface area (Å²) in [6.45, 7) is 1.34. The second-order valence-corrected chi connectivity index (χ2v) is 7.79. The number of nitrogens with one attached hydrogen (secondary N) is 1. The second kappa shape index (κ2) is 7.12. The maximum atomic E-state index is 12.5.